The van der Waals surface area contributed by atoms with E-state index >= 15 is 0 Å². The third kappa shape index (κ3) is 3.42. The van der Waals surface area contributed by atoms with Crippen LogP contribution in [0.15, 0.2) is 23.0 Å². The summed E-state index contributed by atoms with van der Waals surface area (Å²) in [5.74, 6) is -0.216. The highest BCUT2D eigenvalue weighted by Crippen LogP contribution is 2.29. The van der Waals surface area contributed by atoms with Gasteiger partial charge in [-0.05, 0) is 30.6 Å². The van der Waals surface area contributed by atoms with Gasteiger partial charge in [0.25, 0.3) is 11.8 Å². The van der Waals surface area contributed by atoms with Gasteiger partial charge in [0.2, 0.25) is 0 Å². The summed E-state index contributed by atoms with van der Waals surface area (Å²) in [6, 6.07) is 3.59. The van der Waals surface area contributed by atoms with Crippen molar-refractivity contribution in [2.45, 2.75) is 19.3 Å². The Morgan fingerprint density at radius 2 is 1.93 bits per heavy atom. The number of ether oxygens (including phenoxy) is 1. The molecule has 0 spiro atoms. The highest BCUT2D eigenvalue weighted by molar-refractivity contribution is 5.96. The van der Waals surface area contributed by atoms with Crippen molar-refractivity contribution in [2.24, 2.45) is 0 Å². The van der Waals surface area contributed by atoms with Crippen molar-refractivity contribution in [1.82, 2.24) is 25.1 Å². The van der Waals surface area contributed by atoms with Crippen molar-refractivity contribution in [2.75, 3.05) is 39.4 Å². The zero-order chi connectivity index (χ0) is 18.8. The van der Waals surface area contributed by atoms with Crippen LogP contribution in [0.4, 0.5) is 0 Å². The maximum absolute atomic E-state index is 12.9. The maximum atomic E-state index is 12.9. The molecule has 0 aromatic carbocycles. The summed E-state index contributed by atoms with van der Waals surface area (Å²) in [4.78, 5) is 33.6. The SMILES string of the molecule is Cc1nonc1C(=O)N1CCC(c2ncccc2C(=O)N2CCOCC2)C1. The van der Waals surface area contributed by atoms with Crippen molar-refractivity contribution < 1.29 is 19.0 Å². The van der Waals surface area contributed by atoms with Gasteiger partial charge in [0.05, 0.1) is 24.5 Å². The highest BCUT2D eigenvalue weighted by atomic mass is 16.6. The topological polar surface area (TPSA) is 102 Å². The molecule has 9 heteroatoms. The summed E-state index contributed by atoms with van der Waals surface area (Å²) in [6.07, 6.45) is 2.44. The first-order chi connectivity index (χ1) is 13.1. The molecular formula is C18H21N5O4. The molecule has 4 rings (SSSR count). The van der Waals surface area contributed by atoms with E-state index in [4.69, 9.17) is 4.74 Å². The van der Waals surface area contributed by atoms with Crippen molar-refractivity contribution in [3.05, 3.63) is 41.0 Å². The van der Waals surface area contributed by atoms with Gasteiger partial charge in [0, 0.05) is 38.3 Å². The smallest absolute Gasteiger partial charge is 0.278 e. The van der Waals surface area contributed by atoms with E-state index in [0.29, 0.717) is 50.7 Å². The second-order valence-electron chi connectivity index (χ2n) is 6.78. The van der Waals surface area contributed by atoms with Crippen LogP contribution in [-0.4, -0.2) is 76.3 Å². The van der Waals surface area contributed by atoms with Crippen molar-refractivity contribution >= 4 is 11.8 Å². The zero-order valence-corrected chi connectivity index (χ0v) is 15.1. The Kier molecular flexibility index (Phi) is 4.85. The Balaban J connectivity index is 1.52. The van der Waals surface area contributed by atoms with Crippen LogP contribution < -0.4 is 0 Å². The molecule has 2 saturated heterocycles. The Morgan fingerprint density at radius 3 is 2.67 bits per heavy atom. The molecule has 0 saturated carbocycles. The molecule has 142 valence electrons. The van der Waals surface area contributed by atoms with Crippen LogP contribution in [0, 0.1) is 6.92 Å². The largest absolute Gasteiger partial charge is 0.378 e. The van der Waals surface area contributed by atoms with E-state index in [-0.39, 0.29) is 23.4 Å². The van der Waals surface area contributed by atoms with Crippen LogP contribution in [0.3, 0.4) is 0 Å². The minimum Gasteiger partial charge on any atom is -0.378 e. The lowest BCUT2D eigenvalue weighted by molar-refractivity contribution is 0.0301. The molecule has 0 radical (unpaired) electrons. The van der Waals surface area contributed by atoms with Crippen LogP contribution in [0.2, 0.25) is 0 Å². The van der Waals surface area contributed by atoms with Gasteiger partial charge in [-0.1, -0.05) is 5.16 Å². The molecule has 0 bridgehead atoms. The Labute approximate surface area is 156 Å². The van der Waals surface area contributed by atoms with E-state index in [1.165, 1.54) is 0 Å². The van der Waals surface area contributed by atoms with Crippen LogP contribution in [0.1, 0.15) is 44.6 Å². The number of nitrogens with zero attached hydrogens (tertiary/aromatic N) is 5. The maximum Gasteiger partial charge on any atom is 0.278 e. The quantitative estimate of drug-likeness (QED) is 0.789. The van der Waals surface area contributed by atoms with Gasteiger partial charge < -0.3 is 14.5 Å². The zero-order valence-electron chi connectivity index (χ0n) is 15.1. The minimum absolute atomic E-state index is 0.00954. The lowest BCUT2D eigenvalue weighted by Crippen LogP contribution is -2.41. The summed E-state index contributed by atoms with van der Waals surface area (Å²) >= 11 is 0. The molecule has 2 aliphatic rings. The van der Waals surface area contributed by atoms with Gasteiger partial charge in [-0.3, -0.25) is 14.6 Å². The number of aromatic nitrogens is 3. The molecule has 2 aromatic heterocycles. The number of carbonyl (C=O) groups excluding carboxylic acids is 2. The van der Waals surface area contributed by atoms with Gasteiger partial charge in [0.15, 0.2) is 5.69 Å². The molecule has 0 aliphatic carbocycles. The second-order valence-corrected chi connectivity index (χ2v) is 6.78. The first kappa shape index (κ1) is 17.6. The molecule has 27 heavy (non-hydrogen) atoms. The fourth-order valence-corrected chi connectivity index (χ4v) is 3.60. The van der Waals surface area contributed by atoms with Crippen LogP contribution >= 0.6 is 0 Å². The molecule has 2 fully saturated rings. The number of carbonyl (C=O) groups is 2. The Morgan fingerprint density at radius 1 is 1.11 bits per heavy atom. The molecule has 9 nitrogen and oxygen atoms in total. The highest BCUT2D eigenvalue weighted by Gasteiger charge is 2.34. The monoisotopic (exact) mass is 371 g/mol. The third-order valence-corrected chi connectivity index (χ3v) is 5.08. The lowest BCUT2D eigenvalue weighted by Gasteiger charge is -2.28. The molecule has 2 aliphatic heterocycles. The van der Waals surface area contributed by atoms with Gasteiger partial charge in [-0.25, -0.2) is 4.63 Å². The molecule has 1 unspecified atom stereocenters. The summed E-state index contributed by atoms with van der Waals surface area (Å²) in [5.41, 5.74) is 2.07. The third-order valence-electron chi connectivity index (χ3n) is 5.08. The summed E-state index contributed by atoms with van der Waals surface area (Å²) in [5, 5.41) is 7.37. The van der Waals surface area contributed by atoms with E-state index in [1.807, 2.05) is 6.07 Å². The number of amides is 2. The molecule has 2 aromatic rings. The van der Waals surface area contributed by atoms with Gasteiger partial charge in [-0.2, -0.15) is 0 Å². The first-order valence-electron chi connectivity index (χ1n) is 9.05. The number of rotatable bonds is 3. The van der Waals surface area contributed by atoms with E-state index in [9.17, 15) is 9.59 Å². The van der Waals surface area contributed by atoms with E-state index < -0.39 is 0 Å². The predicted molar refractivity (Wildman–Crippen MR) is 93.3 cm³/mol. The fourth-order valence-electron chi connectivity index (χ4n) is 3.60. The summed E-state index contributed by atoms with van der Waals surface area (Å²) < 4.78 is 9.96. The Bertz CT molecular complexity index is 846. The predicted octanol–water partition coefficient (Wildman–Crippen LogP) is 0.875. The first-order valence-corrected chi connectivity index (χ1v) is 9.05. The van der Waals surface area contributed by atoms with Crippen molar-refractivity contribution in [1.29, 1.82) is 0 Å². The minimum atomic E-state index is -0.201. The molecule has 4 heterocycles. The molecule has 2 amide bonds. The normalized spacial score (nSPS) is 20.1. The number of pyridine rings is 1. The number of hydrogen-bond acceptors (Lipinski definition) is 7. The number of morpholine rings is 1. The average Bonchev–Trinajstić information content (AvgIpc) is 3.37. The van der Waals surface area contributed by atoms with Gasteiger partial charge in [-0.15, -0.1) is 0 Å². The summed E-state index contributed by atoms with van der Waals surface area (Å²) in [7, 11) is 0. The van der Waals surface area contributed by atoms with Gasteiger partial charge in [0.1, 0.15) is 5.69 Å². The second kappa shape index (κ2) is 7.43. The molecule has 0 N–H and O–H groups in total. The molecule has 1 atom stereocenters. The number of likely N-dealkylation sites (tertiary alicyclic amines) is 1. The Hall–Kier alpha value is -2.81. The van der Waals surface area contributed by atoms with Crippen molar-refractivity contribution in [3.8, 4) is 0 Å². The van der Waals surface area contributed by atoms with E-state index in [1.54, 1.807) is 29.0 Å². The fraction of sp³-hybridized carbons (Fsp3) is 0.500. The average molecular weight is 371 g/mol. The number of aryl methyl sites for hydroxylation is 1. The number of hydrogen-bond donors (Lipinski definition) is 0. The van der Waals surface area contributed by atoms with E-state index in [2.05, 4.69) is 19.9 Å². The van der Waals surface area contributed by atoms with Crippen LogP contribution in [0.25, 0.3) is 0 Å². The van der Waals surface area contributed by atoms with Crippen LogP contribution in [0.5, 0.6) is 0 Å². The van der Waals surface area contributed by atoms with Crippen LogP contribution in [-0.2, 0) is 4.74 Å². The van der Waals surface area contributed by atoms with E-state index in [0.717, 1.165) is 12.1 Å². The summed E-state index contributed by atoms with van der Waals surface area (Å²) in [6.45, 7) is 5.04. The van der Waals surface area contributed by atoms with Crippen molar-refractivity contribution in [3.63, 3.8) is 0 Å². The van der Waals surface area contributed by atoms with Gasteiger partial charge >= 0.3 is 0 Å². The standard InChI is InChI=1S/C18H21N5O4/c1-12-15(21-27-20-12)18(25)23-6-4-13(11-23)16-14(3-2-5-19-16)17(24)22-7-9-26-10-8-22/h2-3,5,13H,4,6-11H2,1H3. The molecular weight excluding hydrogens is 350 g/mol. The lowest BCUT2D eigenvalue weighted by atomic mass is 9.98.